The number of nitro benzene ring substituents is 1. The minimum atomic E-state index is -1.16. The van der Waals surface area contributed by atoms with E-state index in [1.807, 2.05) is 18.2 Å². The van der Waals surface area contributed by atoms with Crippen molar-refractivity contribution in [2.24, 2.45) is 0 Å². The van der Waals surface area contributed by atoms with Crippen LogP contribution in [-0.2, 0) is 13.1 Å². The molecule has 0 aromatic heterocycles. The Kier molecular flexibility index (Phi) is 6.16. The van der Waals surface area contributed by atoms with Crippen molar-refractivity contribution in [3.8, 4) is 0 Å². The molecule has 7 nitrogen and oxygen atoms in total. The summed E-state index contributed by atoms with van der Waals surface area (Å²) >= 11 is 0. The van der Waals surface area contributed by atoms with Crippen LogP contribution in [0.3, 0.4) is 0 Å². The molecule has 0 unspecified atom stereocenters. The molecule has 2 aromatic carbocycles. The molecule has 0 radical (unpaired) electrons. The molecule has 0 bridgehead atoms. The molecule has 0 saturated carbocycles. The van der Waals surface area contributed by atoms with Crippen molar-refractivity contribution in [1.29, 1.82) is 0 Å². The van der Waals surface area contributed by atoms with E-state index in [4.69, 9.17) is 5.11 Å². The van der Waals surface area contributed by atoms with Crippen LogP contribution in [0.25, 0.3) is 0 Å². The minimum absolute atomic E-state index is 0.0697. The molecule has 2 N–H and O–H groups in total. The Morgan fingerprint density at radius 1 is 1.19 bits per heavy atom. The Morgan fingerprint density at radius 2 is 1.89 bits per heavy atom. The minimum Gasteiger partial charge on any atom is -0.478 e. The summed E-state index contributed by atoms with van der Waals surface area (Å²) in [5.74, 6) is -1.16. The summed E-state index contributed by atoms with van der Waals surface area (Å²) in [5.41, 5.74) is 1.60. The van der Waals surface area contributed by atoms with E-state index in [-0.39, 0.29) is 11.3 Å². The van der Waals surface area contributed by atoms with Crippen LogP contribution in [0.5, 0.6) is 0 Å². The van der Waals surface area contributed by atoms with E-state index in [0.717, 1.165) is 38.5 Å². The lowest BCUT2D eigenvalue weighted by Crippen LogP contribution is -2.41. The molecule has 0 aliphatic carbocycles. The van der Waals surface area contributed by atoms with E-state index in [9.17, 15) is 14.9 Å². The largest absolute Gasteiger partial charge is 0.478 e. The van der Waals surface area contributed by atoms with Gasteiger partial charge < -0.3 is 10.4 Å². The molecule has 1 aliphatic rings. The number of carboxylic acids is 1. The maximum atomic E-state index is 11.2. The number of hydrogen-bond donors (Lipinski definition) is 2. The van der Waals surface area contributed by atoms with Crippen LogP contribution >= 0.6 is 0 Å². The van der Waals surface area contributed by atoms with Crippen molar-refractivity contribution in [1.82, 2.24) is 10.2 Å². The van der Waals surface area contributed by atoms with Gasteiger partial charge in [-0.25, -0.2) is 4.79 Å². The van der Waals surface area contributed by atoms with Crippen molar-refractivity contribution < 1.29 is 14.8 Å². The highest BCUT2D eigenvalue weighted by Gasteiger charge is 2.21. The molecule has 1 fully saturated rings. The van der Waals surface area contributed by atoms with E-state index in [1.54, 1.807) is 0 Å². The zero-order valence-corrected chi connectivity index (χ0v) is 15.0. The Morgan fingerprint density at radius 3 is 2.52 bits per heavy atom. The van der Waals surface area contributed by atoms with Gasteiger partial charge in [-0.2, -0.15) is 0 Å². The smallest absolute Gasteiger partial charge is 0.335 e. The predicted octanol–water partition coefficient (Wildman–Crippen LogP) is 3.05. The number of nitrogens with zero attached hydrogens (tertiary/aromatic N) is 2. The van der Waals surface area contributed by atoms with Gasteiger partial charge in [-0.1, -0.05) is 36.4 Å². The first-order chi connectivity index (χ1) is 13.0. The van der Waals surface area contributed by atoms with Crippen molar-refractivity contribution in [2.75, 3.05) is 13.1 Å². The predicted molar refractivity (Wildman–Crippen MR) is 102 cm³/mol. The van der Waals surface area contributed by atoms with Gasteiger partial charge in [-0.05, 0) is 37.6 Å². The number of rotatable bonds is 7. The molecule has 27 heavy (non-hydrogen) atoms. The fraction of sp³-hybridized carbons (Fsp3) is 0.350. The molecule has 0 spiro atoms. The lowest BCUT2D eigenvalue weighted by molar-refractivity contribution is -0.385. The van der Waals surface area contributed by atoms with Crippen LogP contribution in [0.4, 0.5) is 5.69 Å². The molecule has 7 heteroatoms. The van der Waals surface area contributed by atoms with Gasteiger partial charge >= 0.3 is 5.97 Å². The molecule has 1 heterocycles. The van der Waals surface area contributed by atoms with Gasteiger partial charge in [0.25, 0.3) is 5.69 Å². The highest BCUT2D eigenvalue weighted by atomic mass is 16.6. The molecule has 0 amide bonds. The van der Waals surface area contributed by atoms with Crippen molar-refractivity contribution in [3.05, 3.63) is 75.3 Å². The summed E-state index contributed by atoms with van der Waals surface area (Å²) in [4.78, 5) is 24.1. The monoisotopic (exact) mass is 369 g/mol. The number of piperidine rings is 1. The first-order valence-electron chi connectivity index (χ1n) is 9.03. The molecular formula is C20H23N3O4. The normalized spacial score (nSPS) is 15.6. The van der Waals surface area contributed by atoms with E-state index < -0.39 is 10.9 Å². The zero-order chi connectivity index (χ0) is 19.2. The van der Waals surface area contributed by atoms with Gasteiger partial charge in [-0.3, -0.25) is 15.0 Å². The molecule has 3 rings (SSSR count). The van der Waals surface area contributed by atoms with E-state index in [0.29, 0.717) is 18.2 Å². The first-order valence-corrected chi connectivity index (χ1v) is 9.03. The van der Waals surface area contributed by atoms with E-state index in [2.05, 4.69) is 22.3 Å². The fourth-order valence-electron chi connectivity index (χ4n) is 3.41. The third-order valence-electron chi connectivity index (χ3n) is 4.95. The van der Waals surface area contributed by atoms with Crippen LogP contribution in [0.1, 0.15) is 34.3 Å². The Bertz CT molecular complexity index is 802. The number of hydrogen-bond acceptors (Lipinski definition) is 5. The SMILES string of the molecule is O=C(O)c1ccc(CNC2CCN(Cc3ccccc3)CC2)c([N+](=O)[O-])c1. The second-order valence-electron chi connectivity index (χ2n) is 6.82. The number of nitrogens with one attached hydrogen (secondary N) is 1. The topological polar surface area (TPSA) is 95.7 Å². The number of likely N-dealkylation sites (tertiary alicyclic amines) is 1. The zero-order valence-electron chi connectivity index (χ0n) is 15.0. The van der Waals surface area contributed by atoms with Crippen molar-refractivity contribution in [2.45, 2.75) is 32.0 Å². The Hall–Kier alpha value is -2.77. The summed E-state index contributed by atoms with van der Waals surface area (Å²) in [6.45, 7) is 3.26. The second kappa shape index (κ2) is 8.75. The van der Waals surface area contributed by atoms with Crippen LogP contribution < -0.4 is 5.32 Å². The quantitative estimate of drug-likeness (QED) is 0.575. The molecule has 0 atom stereocenters. The van der Waals surface area contributed by atoms with Gasteiger partial charge in [-0.15, -0.1) is 0 Å². The first kappa shape index (κ1) is 19.0. The summed E-state index contributed by atoms with van der Waals surface area (Å²) in [6, 6.07) is 14.7. The molecule has 142 valence electrons. The summed E-state index contributed by atoms with van der Waals surface area (Å²) in [5, 5.41) is 23.6. The third kappa shape index (κ3) is 5.12. The number of carbonyl (C=O) groups is 1. The summed E-state index contributed by atoms with van der Waals surface area (Å²) in [6.07, 6.45) is 1.96. The van der Waals surface area contributed by atoms with Crippen LogP contribution in [0, 0.1) is 10.1 Å². The van der Waals surface area contributed by atoms with Crippen LogP contribution in [0.2, 0.25) is 0 Å². The molecule has 2 aromatic rings. The van der Waals surface area contributed by atoms with E-state index >= 15 is 0 Å². The van der Waals surface area contributed by atoms with Gasteiger partial charge in [0.1, 0.15) is 0 Å². The van der Waals surface area contributed by atoms with Crippen LogP contribution in [-0.4, -0.2) is 40.0 Å². The highest BCUT2D eigenvalue weighted by Crippen LogP contribution is 2.21. The van der Waals surface area contributed by atoms with Gasteiger partial charge in [0.2, 0.25) is 0 Å². The average molecular weight is 369 g/mol. The second-order valence-corrected chi connectivity index (χ2v) is 6.82. The molecule has 1 saturated heterocycles. The van der Waals surface area contributed by atoms with Gasteiger partial charge in [0.05, 0.1) is 10.5 Å². The maximum Gasteiger partial charge on any atom is 0.335 e. The lowest BCUT2D eigenvalue weighted by atomic mass is 10.0. The fourth-order valence-corrected chi connectivity index (χ4v) is 3.41. The maximum absolute atomic E-state index is 11.2. The summed E-state index contributed by atoms with van der Waals surface area (Å²) in [7, 11) is 0. The standard InChI is InChI=1S/C20H23N3O4/c24-20(25)16-6-7-17(19(12-16)23(26)27)13-21-18-8-10-22(11-9-18)14-15-4-2-1-3-5-15/h1-7,12,18,21H,8-11,13-14H2,(H,24,25). The third-order valence-corrected chi connectivity index (χ3v) is 4.95. The number of benzene rings is 2. The molecule has 1 aliphatic heterocycles. The molecular weight excluding hydrogens is 346 g/mol. The highest BCUT2D eigenvalue weighted by molar-refractivity contribution is 5.88. The van der Waals surface area contributed by atoms with Crippen LogP contribution in [0.15, 0.2) is 48.5 Å². The Labute approximate surface area is 157 Å². The van der Waals surface area contributed by atoms with Crippen molar-refractivity contribution in [3.63, 3.8) is 0 Å². The Balaban J connectivity index is 1.53. The number of carboxylic acid groups (broad SMARTS) is 1. The summed E-state index contributed by atoms with van der Waals surface area (Å²) < 4.78 is 0. The van der Waals surface area contributed by atoms with Crippen molar-refractivity contribution >= 4 is 11.7 Å². The lowest BCUT2D eigenvalue weighted by Gasteiger charge is -2.32. The number of nitro groups is 1. The van der Waals surface area contributed by atoms with E-state index in [1.165, 1.54) is 17.7 Å². The van der Waals surface area contributed by atoms with Gasteiger partial charge in [0, 0.05) is 30.8 Å². The number of aromatic carboxylic acids is 1. The van der Waals surface area contributed by atoms with Gasteiger partial charge in [0.15, 0.2) is 0 Å². The average Bonchev–Trinajstić information content (AvgIpc) is 2.68.